The monoisotopic (exact) mass is 224 g/mol. The summed E-state index contributed by atoms with van der Waals surface area (Å²) in [5.41, 5.74) is 0. The first kappa shape index (κ1) is 11.4. The lowest BCUT2D eigenvalue weighted by molar-refractivity contribution is -0.125. The van der Waals surface area contributed by atoms with Crippen molar-refractivity contribution in [2.24, 2.45) is 5.92 Å². The van der Waals surface area contributed by atoms with Gasteiger partial charge in [0.2, 0.25) is 11.8 Å². The van der Waals surface area contributed by atoms with Crippen molar-refractivity contribution < 1.29 is 9.59 Å². The van der Waals surface area contributed by atoms with Gasteiger partial charge in [-0.2, -0.15) is 0 Å². The number of carbonyl (C=O) groups excluding carboxylic acids is 2. The Morgan fingerprint density at radius 2 is 2.00 bits per heavy atom. The van der Waals surface area contributed by atoms with Crippen LogP contribution in [0.3, 0.4) is 0 Å². The highest BCUT2D eigenvalue weighted by Gasteiger charge is 2.27. The molecule has 2 fully saturated rings. The molecule has 2 amide bonds. The molecule has 2 aliphatic rings. The summed E-state index contributed by atoms with van der Waals surface area (Å²) < 4.78 is 0. The van der Waals surface area contributed by atoms with E-state index in [4.69, 9.17) is 0 Å². The smallest absolute Gasteiger partial charge is 0.242 e. The topological polar surface area (TPSA) is 58.2 Å². The molecule has 0 aromatic heterocycles. The van der Waals surface area contributed by atoms with E-state index in [1.807, 2.05) is 0 Å². The van der Waals surface area contributed by atoms with Gasteiger partial charge in [0, 0.05) is 13.0 Å². The maximum absolute atomic E-state index is 11.7. The van der Waals surface area contributed by atoms with Gasteiger partial charge in [-0.15, -0.1) is 0 Å². The quantitative estimate of drug-likeness (QED) is 0.750. The molecule has 4 nitrogen and oxygen atoms in total. The van der Waals surface area contributed by atoms with Gasteiger partial charge in [-0.05, 0) is 25.2 Å². The van der Waals surface area contributed by atoms with Crippen LogP contribution in [-0.2, 0) is 9.59 Å². The van der Waals surface area contributed by atoms with E-state index in [1.54, 1.807) is 0 Å². The van der Waals surface area contributed by atoms with Gasteiger partial charge in [0.1, 0.15) is 6.04 Å². The van der Waals surface area contributed by atoms with E-state index >= 15 is 0 Å². The van der Waals surface area contributed by atoms with Crippen molar-refractivity contribution in [3.63, 3.8) is 0 Å². The number of nitrogens with one attached hydrogen (secondary N) is 2. The molecule has 2 N–H and O–H groups in total. The van der Waals surface area contributed by atoms with Crippen molar-refractivity contribution in [2.75, 3.05) is 6.54 Å². The van der Waals surface area contributed by atoms with E-state index in [-0.39, 0.29) is 17.9 Å². The molecule has 1 aliphatic heterocycles. The van der Waals surface area contributed by atoms with Gasteiger partial charge in [-0.1, -0.05) is 19.3 Å². The Balaban J connectivity index is 1.68. The second-order valence-corrected chi connectivity index (χ2v) is 4.91. The minimum atomic E-state index is -0.281. The zero-order valence-electron chi connectivity index (χ0n) is 9.63. The van der Waals surface area contributed by atoms with Crippen LogP contribution in [0.1, 0.15) is 44.9 Å². The average molecular weight is 224 g/mol. The van der Waals surface area contributed by atoms with Gasteiger partial charge in [-0.3, -0.25) is 9.59 Å². The molecule has 1 saturated heterocycles. The fourth-order valence-electron chi connectivity index (χ4n) is 2.57. The molecule has 0 bridgehead atoms. The number of rotatable bonds is 3. The van der Waals surface area contributed by atoms with Crippen LogP contribution in [-0.4, -0.2) is 24.4 Å². The van der Waals surface area contributed by atoms with Crippen LogP contribution in [0.25, 0.3) is 0 Å². The Labute approximate surface area is 96.2 Å². The second-order valence-electron chi connectivity index (χ2n) is 4.91. The lowest BCUT2D eigenvalue weighted by Gasteiger charge is -2.22. The van der Waals surface area contributed by atoms with Crippen LogP contribution in [0.15, 0.2) is 0 Å². The van der Waals surface area contributed by atoms with Gasteiger partial charge < -0.3 is 10.6 Å². The minimum Gasteiger partial charge on any atom is -0.354 e. The van der Waals surface area contributed by atoms with Gasteiger partial charge in [0.15, 0.2) is 0 Å². The lowest BCUT2D eigenvalue weighted by atomic mass is 9.89. The Morgan fingerprint density at radius 1 is 1.25 bits per heavy atom. The summed E-state index contributed by atoms with van der Waals surface area (Å²) in [5.74, 6) is 0.643. The highest BCUT2D eigenvalue weighted by atomic mass is 16.2. The first-order valence-corrected chi connectivity index (χ1v) is 6.33. The molecule has 0 radical (unpaired) electrons. The molecule has 2 rings (SSSR count). The Bertz CT molecular complexity index is 272. The second kappa shape index (κ2) is 5.32. The summed E-state index contributed by atoms with van der Waals surface area (Å²) in [7, 11) is 0. The molecule has 0 aromatic rings. The molecule has 1 heterocycles. The number of hydrogen-bond donors (Lipinski definition) is 2. The summed E-state index contributed by atoms with van der Waals surface area (Å²) in [4.78, 5) is 22.7. The molecule has 1 aliphatic carbocycles. The zero-order valence-corrected chi connectivity index (χ0v) is 9.63. The van der Waals surface area contributed by atoms with Crippen molar-refractivity contribution in [2.45, 2.75) is 51.0 Å². The van der Waals surface area contributed by atoms with E-state index in [1.165, 1.54) is 32.1 Å². The van der Waals surface area contributed by atoms with Crippen LogP contribution < -0.4 is 10.6 Å². The standard InChI is InChI=1S/C12H20N2O2/c15-11-7-6-10(14-11)12(16)13-8-9-4-2-1-3-5-9/h9-10H,1-8H2,(H,13,16)(H,14,15)/t10-/m0/s1. The predicted molar refractivity (Wildman–Crippen MR) is 60.7 cm³/mol. The molecule has 16 heavy (non-hydrogen) atoms. The van der Waals surface area contributed by atoms with E-state index < -0.39 is 0 Å². The fraction of sp³-hybridized carbons (Fsp3) is 0.833. The van der Waals surface area contributed by atoms with Crippen LogP contribution >= 0.6 is 0 Å². The van der Waals surface area contributed by atoms with Crippen molar-refractivity contribution in [3.8, 4) is 0 Å². The maximum atomic E-state index is 11.7. The molecule has 0 unspecified atom stereocenters. The summed E-state index contributed by atoms with van der Waals surface area (Å²) in [5, 5.41) is 5.65. The lowest BCUT2D eigenvalue weighted by Crippen LogP contribution is -2.43. The highest BCUT2D eigenvalue weighted by Crippen LogP contribution is 2.22. The Morgan fingerprint density at radius 3 is 2.62 bits per heavy atom. The van der Waals surface area contributed by atoms with E-state index in [0.29, 0.717) is 18.8 Å². The van der Waals surface area contributed by atoms with Gasteiger partial charge in [0.05, 0.1) is 0 Å². The molecule has 0 aromatic carbocycles. The first-order valence-electron chi connectivity index (χ1n) is 6.33. The van der Waals surface area contributed by atoms with Gasteiger partial charge in [-0.25, -0.2) is 0 Å². The van der Waals surface area contributed by atoms with Crippen molar-refractivity contribution >= 4 is 11.8 Å². The third-order valence-corrected chi connectivity index (χ3v) is 3.60. The number of amides is 2. The van der Waals surface area contributed by atoms with Crippen molar-refractivity contribution in [3.05, 3.63) is 0 Å². The summed E-state index contributed by atoms with van der Waals surface area (Å²) in [6, 6.07) is -0.281. The normalized spacial score (nSPS) is 26.5. The zero-order chi connectivity index (χ0) is 11.4. The summed E-state index contributed by atoms with van der Waals surface area (Å²) in [6.45, 7) is 0.783. The summed E-state index contributed by atoms with van der Waals surface area (Å²) in [6.07, 6.45) is 7.52. The number of carbonyl (C=O) groups is 2. The SMILES string of the molecule is O=C1CC[C@@H](C(=O)NCC2CCCCC2)N1. The molecule has 4 heteroatoms. The first-order chi connectivity index (χ1) is 7.75. The third kappa shape index (κ3) is 2.97. The molecular formula is C12H20N2O2. The van der Waals surface area contributed by atoms with Crippen LogP contribution in [0.5, 0.6) is 0 Å². The Hall–Kier alpha value is -1.06. The van der Waals surface area contributed by atoms with E-state index in [2.05, 4.69) is 10.6 Å². The third-order valence-electron chi connectivity index (χ3n) is 3.60. The Kier molecular flexibility index (Phi) is 3.80. The van der Waals surface area contributed by atoms with Gasteiger partial charge in [0.25, 0.3) is 0 Å². The minimum absolute atomic E-state index is 0.00202. The fourth-order valence-corrected chi connectivity index (χ4v) is 2.57. The van der Waals surface area contributed by atoms with Crippen LogP contribution in [0, 0.1) is 5.92 Å². The molecule has 90 valence electrons. The van der Waals surface area contributed by atoms with E-state index in [0.717, 1.165) is 6.54 Å². The van der Waals surface area contributed by atoms with Crippen LogP contribution in [0.4, 0.5) is 0 Å². The molecule has 1 atom stereocenters. The van der Waals surface area contributed by atoms with Crippen LogP contribution in [0.2, 0.25) is 0 Å². The maximum Gasteiger partial charge on any atom is 0.242 e. The van der Waals surface area contributed by atoms with Crippen molar-refractivity contribution in [1.29, 1.82) is 0 Å². The molecule has 0 spiro atoms. The largest absolute Gasteiger partial charge is 0.354 e. The molecule has 1 saturated carbocycles. The van der Waals surface area contributed by atoms with E-state index in [9.17, 15) is 9.59 Å². The number of hydrogen-bond acceptors (Lipinski definition) is 2. The molecular weight excluding hydrogens is 204 g/mol. The van der Waals surface area contributed by atoms with Gasteiger partial charge >= 0.3 is 0 Å². The van der Waals surface area contributed by atoms with Crippen molar-refractivity contribution in [1.82, 2.24) is 10.6 Å². The predicted octanol–water partition coefficient (Wildman–Crippen LogP) is 0.961. The summed E-state index contributed by atoms with van der Waals surface area (Å²) >= 11 is 0. The average Bonchev–Trinajstić information content (AvgIpc) is 2.74. The highest BCUT2D eigenvalue weighted by molar-refractivity contribution is 5.90.